The Kier molecular flexibility index (Phi) is 2.79. The predicted molar refractivity (Wildman–Crippen MR) is 59.6 cm³/mol. The van der Waals surface area contributed by atoms with Gasteiger partial charge in [-0.25, -0.2) is 0 Å². The van der Waals surface area contributed by atoms with E-state index in [-0.39, 0.29) is 12.0 Å². The minimum Gasteiger partial charge on any atom is -0.328 e. The molecule has 16 heavy (non-hydrogen) atoms. The van der Waals surface area contributed by atoms with E-state index in [9.17, 15) is 4.79 Å². The molecule has 78 valence electrons. The largest absolute Gasteiger partial charge is 0.328 e. The van der Waals surface area contributed by atoms with Gasteiger partial charge in [-0.3, -0.25) is 9.78 Å². The monoisotopic (exact) mass is 211 g/mol. The van der Waals surface area contributed by atoms with Crippen molar-refractivity contribution in [2.75, 3.05) is 0 Å². The van der Waals surface area contributed by atoms with E-state index in [4.69, 9.17) is 5.26 Å². The Hall–Kier alpha value is -2.41. The van der Waals surface area contributed by atoms with Gasteiger partial charge in [-0.05, 0) is 11.6 Å². The van der Waals surface area contributed by atoms with E-state index in [1.54, 1.807) is 18.6 Å². The van der Waals surface area contributed by atoms with E-state index < -0.39 is 0 Å². The van der Waals surface area contributed by atoms with Crippen molar-refractivity contribution in [3.8, 4) is 17.2 Å². The molecule has 0 saturated heterocycles. The van der Waals surface area contributed by atoms with Gasteiger partial charge in [0.05, 0.1) is 12.5 Å². The topological polar surface area (TPSA) is 69.5 Å². The highest BCUT2D eigenvalue weighted by Crippen LogP contribution is 2.20. The van der Waals surface area contributed by atoms with E-state index in [0.717, 1.165) is 16.7 Å². The van der Waals surface area contributed by atoms with Crippen molar-refractivity contribution in [2.24, 2.45) is 0 Å². The number of hydrogen-bond acceptors (Lipinski definition) is 3. The van der Waals surface area contributed by atoms with Crippen molar-refractivity contribution in [3.05, 3.63) is 52.7 Å². The van der Waals surface area contributed by atoms with Gasteiger partial charge in [0.1, 0.15) is 0 Å². The highest BCUT2D eigenvalue weighted by molar-refractivity contribution is 5.65. The van der Waals surface area contributed by atoms with Crippen molar-refractivity contribution in [3.63, 3.8) is 0 Å². The van der Waals surface area contributed by atoms with Crippen LogP contribution in [0.3, 0.4) is 0 Å². The number of H-pyrrole nitrogens is 1. The SMILES string of the molecule is N#CCc1cc(=O)[nH]cc1-c1cccnc1. The molecule has 2 aromatic rings. The second-order valence-corrected chi connectivity index (χ2v) is 3.31. The van der Waals surface area contributed by atoms with Crippen LogP contribution in [0.15, 0.2) is 41.6 Å². The summed E-state index contributed by atoms with van der Waals surface area (Å²) in [6.07, 6.45) is 5.22. The summed E-state index contributed by atoms with van der Waals surface area (Å²) in [4.78, 5) is 17.8. The van der Waals surface area contributed by atoms with Gasteiger partial charge in [0.15, 0.2) is 0 Å². The summed E-state index contributed by atoms with van der Waals surface area (Å²) in [5, 5.41) is 8.70. The number of nitrogens with one attached hydrogen (secondary N) is 1. The number of rotatable bonds is 2. The average Bonchev–Trinajstić information content (AvgIpc) is 2.31. The first-order valence-corrected chi connectivity index (χ1v) is 4.80. The maximum absolute atomic E-state index is 11.2. The Balaban J connectivity index is 2.57. The molecule has 0 aliphatic heterocycles. The molecule has 0 bridgehead atoms. The fourth-order valence-electron chi connectivity index (χ4n) is 1.54. The molecule has 2 aromatic heterocycles. The molecule has 0 unspecified atom stereocenters. The van der Waals surface area contributed by atoms with E-state index in [2.05, 4.69) is 9.97 Å². The van der Waals surface area contributed by atoms with Crippen LogP contribution in [0.25, 0.3) is 11.1 Å². The zero-order valence-corrected chi connectivity index (χ0v) is 8.47. The van der Waals surface area contributed by atoms with E-state index in [0.29, 0.717) is 0 Å². The highest BCUT2D eigenvalue weighted by Gasteiger charge is 2.05. The standard InChI is InChI=1S/C12H9N3O/c13-4-3-9-6-12(16)15-8-11(9)10-2-1-5-14-7-10/h1-2,5-8H,3H2,(H,15,16). The van der Waals surface area contributed by atoms with Crippen LogP contribution in [-0.4, -0.2) is 9.97 Å². The summed E-state index contributed by atoms with van der Waals surface area (Å²) < 4.78 is 0. The molecule has 4 heteroatoms. The highest BCUT2D eigenvalue weighted by atomic mass is 16.1. The zero-order chi connectivity index (χ0) is 11.4. The molecule has 0 aliphatic rings. The van der Waals surface area contributed by atoms with Gasteiger partial charge in [-0.1, -0.05) is 6.07 Å². The molecule has 0 aromatic carbocycles. The van der Waals surface area contributed by atoms with Crippen LogP contribution >= 0.6 is 0 Å². The number of aromatic amines is 1. The normalized spacial score (nSPS) is 9.69. The zero-order valence-electron chi connectivity index (χ0n) is 8.47. The first-order chi connectivity index (χ1) is 7.81. The molecule has 0 amide bonds. The smallest absolute Gasteiger partial charge is 0.248 e. The first kappa shape index (κ1) is 10.1. The van der Waals surface area contributed by atoms with Crippen molar-refractivity contribution in [1.29, 1.82) is 5.26 Å². The van der Waals surface area contributed by atoms with E-state index >= 15 is 0 Å². The summed E-state index contributed by atoms with van der Waals surface area (Å²) >= 11 is 0. The number of aromatic nitrogens is 2. The quantitative estimate of drug-likeness (QED) is 0.818. The fourth-order valence-corrected chi connectivity index (χ4v) is 1.54. The third-order valence-corrected chi connectivity index (χ3v) is 2.25. The molecule has 0 atom stereocenters. The fraction of sp³-hybridized carbons (Fsp3) is 0.0833. The first-order valence-electron chi connectivity index (χ1n) is 4.80. The Labute approximate surface area is 92.2 Å². The molecule has 4 nitrogen and oxygen atoms in total. The van der Waals surface area contributed by atoms with Crippen molar-refractivity contribution in [1.82, 2.24) is 9.97 Å². The molecule has 1 N–H and O–H groups in total. The molecular formula is C12H9N3O. The van der Waals surface area contributed by atoms with Gasteiger partial charge < -0.3 is 4.98 Å². The molecule has 0 spiro atoms. The van der Waals surface area contributed by atoms with Crippen LogP contribution < -0.4 is 5.56 Å². The summed E-state index contributed by atoms with van der Waals surface area (Å²) in [5.74, 6) is 0. The van der Waals surface area contributed by atoms with Gasteiger partial charge in [0, 0.05) is 35.8 Å². The van der Waals surface area contributed by atoms with Crippen molar-refractivity contribution >= 4 is 0 Å². The van der Waals surface area contributed by atoms with E-state index in [1.165, 1.54) is 6.07 Å². The van der Waals surface area contributed by atoms with Gasteiger partial charge in [-0.15, -0.1) is 0 Å². The Morgan fingerprint density at radius 3 is 3.06 bits per heavy atom. The summed E-state index contributed by atoms with van der Waals surface area (Å²) in [5.41, 5.74) is 2.26. The lowest BCUT2D eigenvalue weighted by molar-refractivity contribution is 1.16. The number of hydrogen-bond donors (Lipinski definition) is 1. The third kappa shape index (κ3) is 1.98. The van der Waals surface area contributed by atoms with Crippen LogP contribution in [-0.2, 0) is 6.42 Å². The lowest BCUT2D eigenvalue weighted by Crippen LogP contribution is -2.06. The minimum absolute atomic E-state index is 0.196. The molecule has 0 fully saturated rings. The lowest BCUT2D eigenvalue weighted by atomic mass is 10.0. The Morgan fingerprint density at radius 2 is 2.38 bits per heavy atom. The second-order valence-electron chi connectivity index (χ2n) is 3.31. The minimum atomic E-state index is -0.196. The van der Waals surface area contributed by atoms with Crippen LogP contribution in [0.2, 0.25) is 0 Å². The molecule has 2 heterocycles. The van der Waals surface area contributed by atoms with Gasteiger partial charge in [0.25, 0.3) is 0 Å². The second kappa shape index (κ2) is 4.41. The van der Waals surface area contributed by atoms with Crippen LogP contribution in [0.4, 0.5) is 0 Å². The summed E-state index contributed by atoms with van der Waals surface area (Å²) in [7, 11) is 0. The number of nitrogens with zero attached hydrogens (tertiary/aromatic N) is 2. The number of nitriles is 1. The third-order valence-electron chi connectivity index (χ3n) is 2.25. The molecule has 0 aliphatic carbocycles. The van der Waals surface area contributed by atoms with Crippen LogP contribution in [0, 0.1) is 11.3 Å². The summed E-state index contributed by atoms with van der Waals surface area (Å²) in [6, 6.07) is 7.20. The van der Waals surface area contributed by atoms with Crippen molar-refractivity contribution in [2.45, 2.75) is 6.42 Å². The lowest BCUT2D eigenvalue weighted by Gasteiger charge is -2.05. The summed E-state index contributed by atoms with van der Waals surface area (Å²) in [6.45, 7) is 0. The molecular weight excluding hydrogens is 202 g/mol. The van der Waals surface area contributed by atoms with E-state index in [1.807, 2.05) is 18.2 Å². The van der Waals surface area contributed by atoms with Crippen LogP contribution in [0.5, 0.6) is 0 Å². The van der Waals surface area contributed by atoms with Crippen LogP contribution in [0.1, 0.15) is 5.56 Å². The van der Waals surface area contributed by atoms with Gasteiger partial charge in [-0.2, -0.15) is 5.26 Å². The molecule has 0 radical (unpaired) electrons. The number of pyridine rings is 2. The van der Waals surface area contributed by atoms with Crippen molar-refractivity contribution < 1.29 is 0 Å². The van der Waals surface area contributed by atoms with Gasteiger partial charge >= 0.3 is 0 Å². The Bertz CT molecular complexity index is 581. The molecule has 2 rings (SSSR count). The molecule has 0 saturated carbocycles. The predicted octanol–water partition coefficient (Wildman–Crippen LogP) is 1.50. The van der Waals surface area contributed by atoms with Gasteiger partial charge in [0.2, 0.25) is 5.56 Å². The Morgan fingerprint density at radius 1 is 1.50 bits per heavy atom. The average molecular weight is 211 g/mol. The maximum Gasteiger partial charge on any atom is 0.248 e. The maximum atomic E-state index is 11.2.